The van der Waals surface area contributed by atoms with Crippen LogP contribution < -0.4 is 16.6 Å². The van der Waals surface area contributed by atoms with Crippen LogP contribution in [0.15, 0.2) is 36.7 Å². The maximum absolute atomic E-state index is 13.6. The molecule has 94 valence electrons. The third-order valence-electron chi connectivity index (χ3n) is 2.52. The lowest BCUT2D eigenvalue weighted by Gasteiger charge is -2.15. The summed E-state index contributed by atoms with van der Waals surface area (Å²) in [6, 6.07) is 6.39. The second kappa shape index (κ2) is 5.42. The van der Waals surface area contributed by atoms with Crippen molar-refractivity contribution in [2.24, 2.45) is 5.84 Å². The first-order valence-electron chi connectivity index (χ1n) is 5.50. The molecule has 0 fully saturated rings. The molecular formula is C12H14FN5. The molecule has 0 aliphatic heterocycles. The van der Waals surface area contributed by atoms with E-state index < -0.39 is 0 Å². The quantitative estimate of drug-likeness (QED) is 0.569. The number of hydrogen-bond acceptors (Lipinski definition) is 5. The third kappa shape index (κ3) is 2.72. The van der Waals surface area contributed by atoms with E-state index in [1.165, 1.54) is 12.3 Å². The van der Waals surface area contributed by atoms with E-state index in [9.17, 15) is 4.39 Å². The van der Waals surface area contributed by atoms with E-state index in [1.54, 1.807) is 24.4 Å². The van der Waals surface area contributed by atoms with Crippen molar-refractivity contribution in [3.63, 3.8) is 0 Å². The number of halogens is 1. The highest BCUT2D eigenvalue weighted by atomic mass is 19.1. The average molecular weight is 247 g/mol. The third-order valence-corrected chi connectivity index (χ3v) is 2.52. The zero-order valence-corrected chi connectivity index (χ0v) is 9.89. The van der Waals surface area contributed by atoms with Gasteiger partial charge in [-0.3, -0.25) is 4.98 Å². The molecule has 0 radical (unpaired) electrons. The van der Waals surface area contributed by atoms with Crippen LogP contribution in [0.5, 0.6) is 0 Å². The molecule has 2 rings (SSSR count). The predicted molar refractivity (Wildman–Crippen MR) is 68.3 cm³/mol. The van der Waals surface area contributed by atoms with Gasteiger partial charge >= 0.3 is 0 Å². The Balaban J connectivity index is 2.16. The minimum Gasteiger partial charge on any atom is -0.362 e. The number of hydrazine groups is 1. The fourth-order valence-corrected chi connectivity index (χ4v) is 1.63. The molecule has 1 unspecified atom stereocenters. The molecule has 6 heteroatoms. The van der Waals surface area contributed by atoms with Crippen LogP contribution in [0.1, 0.15) is 18.5 Å². The number of anilines is 2. The molecular weight excluding hydrogens is 233 g/mol. The van der Waals surface area contributed by atoms with Crippen LogP contribution in [0.3, 0.4) is 0 Å². The zero-order valence-electron chi connectivity index (χ0n) is 9.89. The fourth-order valence-electron chi connectivity index (χ4n) is 1.63. The van der Waals surface area contributed by atoms with Crippen LogP contribution in [0.25, 0.3) is 0 Å². The van der Waals surface area contributed by atoms with Crippen molar-refractivity contribution in [3.05, 3.63) is 48.0 Å². The summed E-state index contributed by atoms with van der Waals surface area (Å²) < 4.78 is 13.6. The van der Waals surface area contributed by atoms with E-state index in [2.05, 4.69) is 20.7 Å². The Labute approximate surface area is 104 Å². The average Bonchev–Trinajstić information content (AvgIpc) is 2.39. The minimum atomic E-state index is -0.251. The monoisotopic (exact) mass is 247 g/mol. The highest BCUT2D eigenvalue weighted by Gasteiger charge is 2.10. The zero-order chi connectivity index (χ0) is 13.0. The van der Waals surface area contributed by atoms with E-state index in [-0.39, 0.29) is 11.9 Å². The lowest BCUT2D eigenvalue weighted by molar-refractivity contribution is 0.600. The van der Waals surface area contributed by atoms with Crippen molar-refractivity contribution >= 4 is 11.6 Å². The van der Waals surface area contributed by atoms with Gasteiger partial charge in [-0.2, -0.15) is 0 Å². The number of nitrogens with two attached hydrogens (primary N) is 1. The molecule has 0 aliphatic carbocycles. The predicted octanol–water partition coefficient (Wildman–Crippen LogP) is 2.07. The molecule has 0 amide bonds. The van der Waals surface area contributed by atoms with Gasteiger partial charge < -0.3 is 10.7 Å². The summed E-state index contributed by atoms with van der Waals surface area (Å²) in [5.74, 6) is 5.97. The van der Waals surface area contributed by atoms with E-state index >= 15 is 0 Å². The summed E-state index contributed by atoms with van der Waals surface area (Å²) in [6.45, 7) is 1.85. The summed E-state index contributed by atoms with van der Waals surface area (Å²) in [6.07, 6.45) is 3.05. The van der Waals surface area contributed by atoms with Crippen LogP contribution in [-0.2, 0) is 0 Å². The van der Waals surface area contributed by atoms with Gasteiger partial charge in [-0.25, -0.2) is 15.2 Å². The van der Waals surface area contributed by atoms with E-state index in [4.69, 9.17) is 5.84 Å². The molecule has 18 heavy (non-hydrogen) atoms. The summed E-state index contributed by atoms with van der Waals surface area (Å²) in [5.41, 5.74) is 2.98. The number of nitrogens with one attached hydrogen (secondary N) is 2. The lowest BCUT2D eigenvalue weighted by atomic mass is 10.1. The Morgan fingerprint density at radius 2 is 1.94 bits per heavy atom. The second-order valence-electron chi connectivity index (χ2n) is 3.82. The van der Waals surface area contributed by atoms with Crippen LogP contribution in [0.2, 0.25) is 0 Å². The van der Waals surface area contributed by atoms with Crippen molar-refractivity contribution in [3.8, 4) is 0 Å². The van der Waals surface area contributed by atoms with Gasteiger partial charge in [0.25, 0.3) is 0 Å². The lowest BCUT2D eigenvalue weighted by Crippen LogP contribution is -2.13. The van der Waals surface area contributed by atoms with Crippen molar-refractivity contribution in [2.45, 2.75) is 13.0 Å². The number of aromatic nitrogens is 2. The van der Waals surface area contributed by atoms with E-state index in [0.29, 0.717) is 17.2 Å². The largest absolute Gasteiger partial charge is 0.362 e. The molecule has 5 nitrogen and oxygen atoms in total. The van der Waals surface area contributed by atoms with Gasteiger partial charge in [0, 0.05) is 5.56 Å². The van der Waals surface area contributed by atoms with Crippen molar-refractivity contribution in [1.82, 2.24) is 9.97 Å². The van der Waals surface area contributed by atoms with Crippen molar-refractivity contribution < 1.29 is 4.39 Å². The number of benzene rings is 1. The summed E-state index contributed by atoms with van der Waals surface area (Å²) in [4.78, 5) is 8.12. The van der Waals surface area contributed by atoms with Gasteiger partial charge in [0.1, 0.15) is 11.6 Å². The molecule has 1 atom stereocenters. The number of nitrogen functional groups attached to an aromatic ring is 1. The van der Waals surface area contributed by atoms with Gasteiger partial charge in [-0.05, 0) is 13.0 Å². The second-order valence-corrected chi connectivity index (χ2v) is 3.82. The highest BCUT2D eigenvalue weighted by Crippen LogP contribution is 2.20. The molecule has 4 N–H and O–H groups in total. The van der Waals surface area contributed by atoms with E-state index in [1.807, 2.05) is 6.92 Å². The van der Waals surface area contributed by atoms with Crippen LogP contribution in [0.4, 0.5) is 16.0 Å². The van der Waals surface area contributed by atoms with Gasteiger partial charge in [-0.1, -0.05) is 18.2 Å². The van der Waals surface area contributed by atoms with Crippen LogP contribution in [-0.4, -0.2) is 9.97 Å². The standard InChI is InChI=1S/C12H14FN5/c1-8(9-4-2-3-5-10(9)13)16-11-6-15-7-12(17-11)18-14/h2-8H,14H2,1H3,(H2,16,17,18). The Morgan fingerprint density at radius 3 is 2.67 bits per heavy atom. The first-order valence-corrected chi connectivity index (χ1v) is 5.50. The highest BCUT2D eigenvalue weighted by molar-refractivity contribution is 5.42. The smallest absolute Gasteiger partial charge is 0.160 e. The van der Waals surface area contributed by atoms with Crippen LogP contribution >= 0.6 is 0 Å². The molecule has 0 aliphatic rings. The van der Waals surface area contributed by atoms with Gasteiger partial charge in [0.15, 0.2) is 5.82 Å². The van der Waals surface area contributed by atoms with Gasteiger partial charge in [-0.15, -0.1) is 0 Å². The molecule has 0 bridgehead atoms. The SMILES string of the molecule is CC(Nc1cncc(NN)n1)c1ccccc1F. The fraction of sp³-hybridized carbons (Fsp3) is 0.167. The summed E-state index contributed by atoms with van der Waals surface area (Å²) in [5, 5.41) is 3.06. The van der Waals surface area contributed by atoms with Gasteiger partial charge in [0.05, 0.1) is 18.4 Å². The Bertz CT molecular complexity index is 531. The first kappa shape index (κ1) is 12.3. The molecule has 0 saturated heterocycles. The topological polar surface area (TPSA) is 75.9 Å². The molecule has 2 aromatic rings. The normalized spacial score (nSPS) is 11.9. The van der Waals surface area contributed by atoms with E-state index in [0.717, 1.165) is 0 Å². The molecule has 1 heterocycles. The molecule has 1 aromatic carbocycles. The minimum absolute atomic E-state index is 0.214. The molecule has 0 spiro atoms. The van der Waals surface area contributed by atoms with Crippen molar-refractivity contribution in [1.29, 1.82) is 0 Å². The number of nitrogens with zero attached hydrogens (tertiary/aromatic N) is 2. The van der Waals surface area contributed by atoms with Gasteiger partial charge in [0.2, 0.25) is 0 Å². The number of rotatable bonds is 4. The summed E-state index contributed by atoms with van der Waals surface area (Å²) in [7, 11) is 0. The maximum atomic E-state index is 13.6. The Kier molecular flexibility index (Phi) is 3.69. The van der Waals surface area contributed by atoms with Crippen LogP contribution in [0, 0.1) is 5.82 Å². The molecule has 1 aromatic heterocycles. The maximum Gasteiger partial charge on any atom is 0.160 e. The summed E-state index contributed by atoms with van der Waals surface area (Å²) >= 11 is 0. The van der Waals surface area contributed by atoms with Crippen molar-refractivity contribution in [2.75, 3.05) is 10.7 Å². The molecule has 0 saturated carbocycles. The number of hydrogen-bond donors (Lipinski definition) is 3. The Morgan fingerprint density at radius 1 is 1.22 bits per heavy atom. The Hall–Kier alpha value is -2.21. The first-order chi connectivity index (χ1) is 8.70.